The number of nitro groups is 1. The molecule has 0 atom stereocenters. The predicted molar refractivity (Wildman–Crippen MR) is 128 cm³/mol. The third-order valence-electron chi connectivity index (χ3n) is 6.13. The molecule has 10 heteroatoms. The number of rotatable bonds is 7. The lowest BCUT2D eigenvalue weighted by atomic mass is 10.1. The minimum atomic E-state index is -0.406. The molecule has 0 amide bonds. The molecular weight excluding hydrogens is 436 g/mol. The van der Waals surface area contributed by atoms with Crippen molar-refractivity contribution in [1.29, 1.82) is 0 Å². The molecular formula is C24H26N6O4. The minimum absolute atomic E-state index is 0.105. The van der Waals surface area contributed by atoms with Crippen molar-refractivity contribution in [3.05, 3.63) is 70.0 Å². The number of hydrogen-bond acceptors (Lipinski definition) is 9. The average Bonchev–Trinajstić information content (AvgIpc) is 3.33. The van der Waals surface area contributed by atoms with E-state index in [9.17, 15) is 10.1 Å². The summed E-state index contributed by atoms with van der Waals surface area (Å²) in [5.41, 5.74) is 2.98. The highest BCUT2D eigenvalue weighted by molar-refractivity contribution is 5.74. The van der Waals surface area contributed by atoms with Gasteiger partial charge in [-0.3, -0.25) is 15.0 Å². The maximum atomic E-state index is 12.0. The lowest BCUT2D eigenvalue weighted by molar-refractivity contribution is -0.383. The van der Waals surface area contributed by atoms with E-state index in [4.69, 9.17) is 9.47 Å². The van der Waals surface area contributed by atoms with Crippen LogP contribution in [0.3, 0.4) is 0 Å². The number of benzene rings is 2. The number of piperazine rings is 1. The zero-order valence-corrected chi connectivity index (χ0v) is 18.9. The Morgan fingerprint density at radius 2 is 1.74 bits per heavy atom. The van der Waals surface area contributed by atoms with Crippen molar-refractivity contribution >= 4 is 23.0 Å². The fourth-order valence-corrected chi connectivity index (χ4v) is 4.24. The van der Waals surface area contributed by atoms with E-state index in [2.05, 4.69) is 27.1 Å². The van der Waals surface area contributed by atoms with Crippen LogP contribution in [0.4, 0.5) is 23.0 Å². The first-order chi connectivity index (χ1) is 16.6. The third kappa shape index (κ3) is 4.58. The molecule has 3 aromatic rings. The minimum Gasteiger partial charge on any atom is -0.454 e. The van der Waals surface area contributed by atoms with Gasteiger partial charge in [-0.25, -0.2) is 9.97 Å². The molecule has 2 aliphatic rings. The summed E-state index contributed by atoms with van der Waals surface area (Å²) in [6, 6.07) is 13.8. The van der Waals surface area contributed by atoms with Gasteiger partial charge in [0.05, 0.1) is 4.92 Å². The molecule has 0 radical (unpaired) electrons. The van der Waals surface area contributed by atoms with Gasteiger partial charge in [0, 0.05) is 38.4 Å². The largest absolute Gasteiger partial charge is 0.454 e. The predicted octanol–water partition coefficient (Wildman–Crippen LogP) is 3.74. The Kier molecular flexibility index (Phi) is 6.13. The molecule has 5 rings (SSSR count). The highest BCUT2D eigenvalue weighted by Crippen LogP contribution is 2.35. The maximum Gasteiger partial charge on any atom is 0.353 e. The first-order valence-electron chi connectivity index (χ1n) is 11.3. The molecule has 1 N–H and O–H groups in total. The number of fused-ring (bicyclic) bond motifs is 1. The summed E-state index contributed by atoms with van der Waals surface area (Å²) in [6.45, 7) is 5.90. The van der Waals surface area contributed by atoms with Crippen LogP contribution in [-0.4, -0.2) is 52.8 Å². The molecule has 1 aromatic heterocycles. The third-order valence-corrected chi connectivity index (χ3v) is 6.13. The van der Waals surface area contributed by atoms with Crippen molar-refractivity contribution in [2.75, 3.05) is 43.2 Å². The number of ether oxygens (including phenoxy) is 2. The van der Waals surface area contributed by atoms with E-state index in [0.717, 1.165) is 48.8 Å². The van der Waals surface area contributed by atoms with E-state index >= 15 is 0 Å². The molecule has 0 bridgehead atoms. The Morgan fingerprint density at radius 3 is 2.47 bits per heavy atom. The van der Waals surface area contributed by atoms with Crippen molar-refractivity contribution in [3.8, 4) is 11.5 Å². The average molecular weight is 463 g/mol. The molecule has 1 fully saturated rings. The topological polar surface area (TPSA) is 106 Å². The van der Waals surface area contributed by atoms with Crippen LogP contribution in [0.5, 0.6) is 11.5 Å². The van der Waals surface area contributed by atoms with Crippen LogP contribution < -0.4 is 19.7 Å². The van der Waals surface area contributed by atoms with E-state index in [1.165, 1.54) is 11.9 Å². The van der Waals surface area contributed by atoms with Crippen molar-refractivity contribution < 1.29 is 14.4 Å². The first kappa shape index (κ1) is 21.9. The number of aromatic nitrogens is 2. The Labute approximate surface area is 197 Å². The fraction of sp³-hybridized carbons (Fsp3) is 0.333. The number of anilines is 3. The van der Waals surface area contributed by atoms with Crippen LogP contribution in [0.25, 0.3) is 0 Å². The normalized spacial score (nSPS) is 15.4. The van der Waals surface area contributed by atoms with Crippen LogP contribution in [0.1, 0.15) is 18.1 Å². The Morgan fingerprint density at radius 1 is 1.00 bits per heavy atom. The summed E-state index contributed by atoms with van der Waals surface area (Å²) in [6.07, 6.45) is 2.31. The Bertz CT molecular complexity index is 1180. The van der Waals surface area contributed by atoms with E-state index in [1.54, 1.807) is 0 Å². The lowest BCUT2D eigenvalue weighted by Gasteiger charge is -2.35. The number of hydrogen-bond donors (Lipinski definition) is 1. The fourth-order valence-electron chi connectivity index (χ4n) is 4.24. The van der Waals surface area contributed by atoms with E-state index in [-0.39, 0.29) is 18.3 Å². The maximum absolute atomic E-state index is 12.0. The van der Waals surface area contributed by atoms with Gasteiger partial charge in [0.1, 0.15) is 6.33 Å². The summed E-state index contributed by atoms with van der Waals surface area (Å²) in [4.78, 5) is 24.3. The highest BCUT2D eigenvalue weighted by Gasteiger charge is 2.29. The number of nitrogens with zero attached hydrogens (tertiary/aromatic N) is 5. The summed E-state index contributed by atoms with van der Waals surface area (Å²) >= 11 is 0. The zero-order chi connectivity index (χ0) is 23.5. The number of nitrogens with one attached hydrogen (secondary N) is 1. The summed E-state index contributed by atoms with van der Waals surface area (Å²) in [5.74, 6) is 2.09. The highest BCUT2D eigenvalue weighted by atomic mass is 16.7. The van der Waals surface area contributed by atoms with Crippen molar-refractivity contribution in [1.82, 2.24) is 14.9 Å². The Hall–Kier alpha value is -3.92. The van der Waals surface area contributed by atoms with E-state index in [1.807, 2.05) is 47.4 Å². The molecule has 2 aliphatic heterocycles. The van der Waals surface area contributed by atoms with Crippen LogP contribution in [0, 0.1) is 10.1 Å². The lowest BCUT2D eigenvalue weighted by Crippen LogP contribution is -2.46. The number of aryl methyl sites for hydroxylation is 1. The summed E-state index contributed by atoms with van der Waals surface area (Å²) in [5, 5.41) is 15.1. The van der Waals surface area contributed by atoms with Gasteiger partial charge >= 0.3 is 5.69 Å². The monoisotopic (exact) mass is 462 g/mol. The van der Waals surface area contributed by atoms with Crippen LogP contribution in [0.2, 0.25) is 0 Å². The standard InChI is InChI=1S/C24H26N6O4/c1-2-17-3-6-19(7-4-17)27-23-22(30(31)32)24(26-15-25-23)29-11-9-28(10-12-29)14-18-5-8-20-21(13-18)34-16-33-20/h3-8,13,15H,2,9-12,14,16H2,1H3,(H,25,26,27). The molecule has 0 saturated carbocycles. The van der Waals surface area contributed by atoms with E-state index < -0.39 is 4.92 Å². The van der Waals surface area contributed by atoms with E-state index in [0.29, 0.717) is 18.9 Å². The van der Waals surface area contributed by atoms with Gasteiger partial charge < -0.3 is 19.7 Å². The first-order valence-corrected chi connectivity index (χ1v) is 11.3. The van der Waals surface area contributed by atoms with Gasteiger partial charge in [0.2, 0.25) is 18.4 Å². The van der Waals surface area contributed by atoms with Gasteiger partial charge in [0.15, 0.2) is 11.5 Å². The second-order valence-electron chi connectivity index (χ2n) is 8.28. The van der Waals surface area contributed by atoms with Gasteiger partial charge in [-0.2, -0.15) is 0 Å². The molecule has 1 saturated heterocycles. The van der Waals surface area contributed by atoms with Crippen molar-refractivity contribution in [2.24, 2.45) is 0 Å². The second-order valence-corrected chi connectivity index (χ2v) is 8.28. The molecule has 0 spiro atoms. The molecule has 0 unspecified atom stereocenters. The molecule has 0 aliphatic carbocycles. The summed E-state index contributed by atoms with van der Waals surface area (Å²) in [7, 11) is 0. The summed E-state index contributed by atoms with van der Waals surface area (Å²) < 4.78 is 10.9. The van der Waals surface area contributed by atoms with Gasteiger partial charge in [-0.15, -0.1) is 0 Å². The van der Waals surface area contributed by atoms with Crippen LogP contribution in [-0.2, 0) is 13.0 Å². The van der Waals surface area contributed by atoms with Gasteiger partial charge in [0.25, 0.3) is 0 Å². The van der Waals surface area contributed by atoms with Gasteiger partial charge in [-0.05, 0) is 41.8 Å². The van der Waals surface area contributed by atoms with Crippen LogP contribution >= 0.6 is 0 Å². The molecule has 3 heterocycles. The van der Waals surface area contributed by atoms with Gasteiger partial charge in [-0.1, -0.05) is 25.1 Å². The molecule has 2 aromatic carbocycles. The quantitative estimate of drug-likeness (QED) is 0.415. The molecule has 34 heavy (non-hydrogen) atoms. The SMILES string of the molecule is CCc1ccc(Nc2ncnc(N3CCN(Cc4ccc5c(c4)OCO5)CC3)c2[N+](=O)[O-])cc1. The van der Waals surface area contributed by atoms with Crippen molar-refractivity contribution in [3.63, 3.8) is 0 Å². The van der Waals surface area contributed by atoms with Crippen molar-refractivity contribution in [2.45, 2.75) is 19.9 Å². The molecule has 176 valence electrons. The smallest absolute Gasteiger partial charge is 0.353 e. The Balaban J connectivity index is 1.28. The zero-order valence-electron chi connectivity index (χ0n) is 18.9. The second kappa shape index (κ2) is 9.52. The van der Waals surface area contributed by atoms with Crippen LogP contribution in [0.15, 0.2) is 48.8 Å². The molecule has 10 nitrogen and oxygen atoms in total.